The minimum absolute atomic E-state index is 0.140. The van der Waals surface area contributed by atoms with Crippen LogP contribution in [0.5, 0.6) is 0 Å². The fraction of sp³-hybridized carbons (Fsp3) is 0.833. The molecule has 0 aromatic rings. The van der Waals surface area contributed by atoms with Crippen molar-refractivity contribution in [3.63, 3.8) is 0 Å². The third-order valence-corrected chi connectivity index (χ3v) is 5.19. The van der Waals surface area contributed by atoms with Crippen LogP contribution in [-0.2, 0) is 4.79 Å². The topological polar surface area (TPSA) is 26.8 Å². The molecule has 0 bridgehead atoms. The maximum Gasteiger partial charge on any atom is 0.225 e. The van der Waals surface area contributed by atoms with Crippen LogP contribution < -0.4 is 0 Å². The zero-order valence-electron chi connectivity index (χ0n) is 14.7. The fourth-order valence-corrected chi connectivity index (χ4v) is 3.53. The van der Waals surface area contributed by atoms with E-state index in [2.05, 4.69) is 28.2 Å². The number of hydrogen-bond donors (Lipinski definition) is 0. The van der Waals surface area contributed by atoms with E-state index in [1.165, 1.54) is 31.5 Å². The van der Waals surface area contributed by atoms with Crippen LogP contribution in [0, 0.1) is 11.8 Å². The first-order valence-corrected chi connectivity index (χ1v) is 8.89. The van der Waals surface area contributed by atoms with Gasteiger partial charge in [0.15, 0.2) is 0 Å². The quantitative estimate of drug-likeness (QED) is 0.780. The van der Waals surface area contributed by atoms with Crippen molar-refractivity contribution in [3.05, 3.63) is 12.3 Å². The van der Waals surface area contributed by atoms with Crippen LogP contribution in [-0.4, -0.2) is 66.4 Å². The van der Waals surface area contributed by atoms with Crippen LogP contribution in [0.2, 0.25) is 0 Å². The number of carbonyl (C=O) groups excluding carboxylic acids is 1. The molecule has 22 heavy (non-hydrogen) atoms. The van der Waals surface area contributed by atoms with Gasteiger partial charge in [0.05, 0.1) is 0 Å². The highest BCUT2D eigenvalue weighted by Crippen LogP contribution is 2.22. The minimum atomic E-state index is 0.140. The number of rotatable bonds is 5. The van der Waals surface area contributed by atoms with Gasteiger partial charge in [0.25, 0.3) is 0 Å². The van der Waals surface area contributed by atoms with Crippen molar-refractivity contribution in [3.8, 4) is 0 Å². The van der Waals surface area contributed by atoms with E-state index in [9.17, 15) is 4.79 Å². The molecule has 0 atom stereocenters. The fourth-order valence-electron chi connectivity index (χ4n) is 3.53. The summed E-state index contributed by atoms with van der Waals surface area (Å²) in [5.74, 6) is 1.27. The smallest absolute Gasteiger partial charge is 0.225 e. The van der Waals surface area contributed by atoms with Gasteiger partial charge in [0, 0.05) is 50.9 Å². The SMILES string of the molecule is C=C(C)N1CCN(CCC2CCN(C(=O)C(C)C)CC2)CC1. The van der Waals surface area contributed by atoms with Crippen LogP contribution in [0.3, 0.4) is 0 Å². The maximum atomic E-state index is 12.0. The lowest BCUT2D eigenvalue weighted by molar-refractivity contribution is -0.135. The number of piperidine rings is 1. The van der Waals surface area contributed by atoms with Gasteiger partial charge in [-0.05, 0) is 38.6 Å². The number of allylic oxidation sites excluding steroid dienone is 1. The Kier molecular flexibility index (Phi) is 6.30. The van der Waals surface area contributed by atoms with Crippen LogP contribution >= 0.6 is 0 Å². The van der Waals surface area contributed by atoms with E-state index in [0.29, 0.717) is 5.91 Å². The molecule has 2 aliphatic rings. The van der Waals surface area contributed by atoms with Crippen molar-refractivity contribution in [1.82, 2.24) is 14.7 Å². The Morgan fingerprint density at radius 1 is 1.05 bits per heavy atom. The Morgan fingerprint density at radius 2 is 1.64 bits per heavy atom. The summed E-state index contributed by atoms with van der Waals surface area (Å²) in [7, 11) is 0. The summed E-state index contributed by atoms with van der Waals surface area (Å²) >= 11 is 0. The Bertz CT molecular complexity index is 378. The predicted octanol–water partition coefficient (Wildman–Crippen LogP) is 2.42. The van der Waals surface area contributed by atoms with Crippen molar-refractivity contribution < 1.29 is 4.79 Å². The normalized spacial score (nSPS) is 21.5. The second-order valence-electron chi connectivity index (χ2n) is 7.28. The monoisotopic (exact) mass is 307 g/mol. The molecule has 0 radical (unpaired) electrons. The van der Waals surface area contributed by atoms with Gasteiger partial charge in [-0.2, -0.15) is 0 Å². The highest BCUT2D eigenvalue weighted by atomic mass is 16.2. The molecule has 0 unspecified atom stereocenters. The van der Waals surface area contributed by atoms with Gasteiger partial charge in [-0.1, -0.05) is 20.4 Å². The average Bonchev–Trinajstić information content (AvgIpc) is 2.53. The largest absolute Gasteiger partial charge is 0.373 e. The number of likely N-dealkylation sites (tertiary alicyclic amines) is 1. The number of amides is 1. The van der Waals surface area contributed by atoms with E-state index in [4.69, 9.17) is 0 Å². The van der Waals surface area contributed by atoms with Gasteiger partial charge in [0.2, 0.25) is 5.91 Å². The van der Waals surface area contributed by atoms with Gasteiger partial charge in [0.1, 0.15) is 0 Å². The van der Waals surface area contributed by atoms with Crippen molar-refractivity contribution in [2.24, 2.45) is 11.8 Å². The van der Waals surface area contributed by atoms with E-state index in [-0.39, 0.29) is 5.92 Å². The average molecular weight is 307 g/mol. The first-order chi connectivity index (χ1) is 10.5. The number of piperazine rings is 1. The minimum Gasteiger partial charge on any atom is -0.373 e. The lowest BCUT2D eigenvalue weighted by atomic mass is 9.92. The second-order valence-corrected chi connectivity index (χ2v) is 7.28. The van der Waals surface area contributed by atoms with Crippen LogP contribution in [0.15, 0.2) is 12.3 Å². The van der Waals surface area contributed by atoms with Crippen molar-refractivity contribution >= 4 is 5.91 Å². The van der Waals surface area contributed by atoms with E-state index < -0.39 is 0 Å². The second kappa shape index (κ2) is 8.00. The first kappa shape index (κ1) is 17.3. The molecule has 0 aromatic heterocycles. The summed E-state index contributed by atoms with van der Waals surface area (Å²) < 4.78 is 0. The predicted molar refractivity (Wildman–Crippen MR) is 91.6 cm³/mol. The van der Waals surface area contributed by atoms with Gasteiger partial charge in [-0.15, -0.1) is 0 Å². The molecule has 1 amide bonds. The summed E-state index contributed by atoms with van der Waals surface area (Å²) in [5.41, 5.74) is 1.20. The molecule has 0 aliphatic carbocycles. The molecule has 4 nitrogen and oxygen atoms in total. The number of nitrogens with zero attached hydrogens (tertiary/aromatic N) is 3. The Balaban J connectivity index is 1.63. The Labute approximate surface area is 136 Å². The molecule has 0 aromatic carbocycles. The number of carbonyl (C=O) groups is 1. The first-order valence-electron chi connectivity index (χ1n) is 8.89. The van der Waals surface area contributed by atoms with Crippen molar-refractivity contribution in [2.75, 3.05) is 45.8 Å². The standard InChI is InChI=1S/C18H33N3O/c1-15(2)18(22)21-9-6-17(7-10-21)5-8-19-11-13-20(14-12-19)16(3)4/h15,17H,3,5-14H2,1-2,4H3. The highest BCUT2D eigenvalue weighted by Gasteiger charge is 2.25. The molecule has 0 N–H and O–H groups in total. The maximum absolute atomic E-state index is 12.0. The highest BCUT2D eigenvalue weighted by molar-refractivity contribution is 5.78. The van der Waals surface area contributed by atoms with Gasteiger partial charge in [-0.3, -0.25) is 9.69 Å². The zero-order chi connectivity index (χ0) is 16.1. The van der Waals surface area contributed by atoms with E-state index >= 15 is 0 Å². The third-order valence-electron chi connectivity index (χ3n) is 5.19. The van der Waals surface area contributed by atoms with E-state index in [1.54, 1.807) is 0 Å². The molecular formula is C18H33N3O. The zero-order valence-corrected chi connectivity index (χ0v) is 14.7. The van der Waals surface area contributed by atoms with Crippen molar-refractivity contribution in [2.45, 2.75) is 40.0 Å². The molecule has 0 saturated carbocycles. The van der Waals surface area contributed by atoms with E-state index in [1.807, 2.05) is 13.8 Å². The van der Waals surface area contributed by atoms with Crippen LogP contribution in [0.1, 0.15) is 40.0 Å². The van der Waals surface area contributed by atoms with Crippen LogP contribution in [0.4, 0.5) is 0 Å². The molecule has 2 aliphatic heterocycles. The molecule has 4 heteroatoms. The molecular weight excluding hydrogens is 274 g/mol. The molecule has 2 heterocycles. The molecule has 2 fully saturated rings. The molecule has 2 rings (SSSR count). The molecule has 0 spiro atoms. The van der Waals surface area contributed by atoms with Gasteiger partial charge >= 0.3 is 0 Å². The van der Waals surface area contributed by atoms with E-state index in [0.717, 1.165) is 45.2 Å². The molecule has 126 valence electrons. The molecule has 2 saturated heterocycles. The lowest BCUT2D eigenvalue weighted by Gasteiger charge is -2.38. The van der Waals surface area contributed by atoms with Crippen LogP contribution in [0.25, 0.3) is 0 Å². The summed E-state index contributed by atoms with van der Waals surface area (Å²) in [4.78, 5) is 19.0. The summed E-state index contributed by atoms with van der Waals surface area (Å²) in [6.45, 7) is 17.8. The lowest BCUT2D eigenvalue weighted by Crippen LogP contribution is -2.46. The number of hydrogen-bond acceptors (Lipinski definition) is 3. The Morgan fingerprint density at radius 3 is 2.14 bits per heavy atom. The Hall–Kier alpha value is -1.03. The third kappa shape index (κ3) is 4.73. The van der Waals surface area contributed by atoms with Crippen molar-refractivity contribution in [1.29, 1.82) is 0 Å². The summed E-state index contributed by atoms with van der Waals surface area (Å²) in [6.07, 6.45) is 3.66. The van der Waals surface area contributed by atoms with Gasteiger partial charge < -0.3 is 9.80 Å². The summed E-state index contributed by atoms with van der Waals surface area (Å²) in [5, 5.41) is 0. The van der Waals surface area contributed by atoms with Gasteiger partial charge in [-0.25, -0.2) is 0 Å². The summed E-state index contributed by atoms with van der Waals surface area (Å²) in [6, 6.07) is 0.